The average Bonchev–Trinajstić information content (AvgIpc) is 3.32. The fourth-order valence-corrected chi connectivity index (χ4v) is 6.05. The number of hydrogen-bond donors (Lipinski definition) is 0. The summed E-state index contributed by atoms with van der Waals surface area (Å²) in [7, 11) is -0.964. The number of aromatic nitrogens is 1. The molecule has 0 unspecified atom stereocenters. The van der Waals surface area contributed by atoms with E-state index in [0.29, 0.717) is 29.1 Å². The molecular formula is C28H28BrN3O5S2. The number of aryl methyl sites for hydroxylation is 2. The third-order valence-corrected chi connectivity index (χ3v) is 8.45. The predicted molar refractivity (Wildman–Crippen MR) is 157 cm³/mol. The van der Waals surface area contributed by atoms with Gasteiger partial charge in [0.2, 0.25) is 4.80 Å². The Labute approximate surface area is 240 Å². The van der Waals surface area contributed by atoms with E-state index < -0.39 is 10.1 Å². The van der Waals surface area contributed by atoms with E-state index in [1.165, 1.54) is 18.4 Å². The van der Waals surface area contributed by atoms with Gasteiger partial charge in [-0.2, -0.15) is 13.5 Å². The lowest BCUT2D eigenvalue weighted by atomic mass is 10.2. The molecule has 39 heavy (non-hydrogen) atoms. The van der Waals surface area contributed by atoms with Crippen molar-refractivity contribution < 1.29 is 22.1 Å². The fourth-order valence-electron chi connectivity index (χ4n) is 3.67. The lowest BCUT2D eigenvalue weighted by Crippen LogP contribution is -2.14. The first kappa shape index (κ1) is 28.8. The van der Waals surface area contributed by atoms with Gasteiger partial charge in [-0.1, -0.05) is 40.2 Å². The summed E-state index contributed by atoms with van der Waals surface area (Å²) in [6, 6.07) is 18.1. The lowest BCUT2D eigenvalue weighted by molar-refractivity contribution is 0.207. The molecule has 0 bridgehead atoms. The van der Waals surface area contributed by atoms with Gasteiger partial charge in [-0.25, -0.2) is 4.68 Å². The monoisotopic (exact) mass is 629 g/mol. The normalized spacial score (nSPS) is 12.3. The number of nitrogens with zero attached hydrogens (tertiary/aromatic N) is 3. The summed E-state index contributed by atoms with van der Waals surface area (Å²) < 4.78 is 44.9. The molecular weight excluding hydrogens is 602 g/mol. The maximum absolute atomic E-state index is 13.0. The maximum atomic E-state index is 13.0. The molecule has 1 aromatic heterocycles. The van der Waals surface area contributed by atoms with Crippen LogP contribution in [0.15, 0.2) is 85.5 Å². The van der Waals surface area contributed by atoms with Crippen LogP contribution in [0, 0.1) is 13.8 Å². The quantitative estimate of drug-likeness (QED) is 0.126. The molecule has 0 spiro atoms. The molecule has 11 heteroatoms. The largest absolute Gasteiger partial charge is 0.493 e. The Bertz CT molecular complexity index is 1660. The number of hydrogen-bond acceptors (Lipinski definition) is 8. The number of halogens is 1. The van der Waals surface area contributed by atoms with Crippen LogP contribution < -0.4 is 13.7 Å². The highest BCUT2D eigenvalue weighted by Gasteiger charge is 2.21. The van der Waals surface area contributed by atoms with E-state index in [2.05, 4.69) is 20.9 Å². The van der Waals surface area contributed by atoms with Gasteiger partial charge in [-0.05, 0) is 66.9 Å². The van der Waals surface area contributed by atoms with E-state index in [0.717, 1.165) is 21.3 Å². The highest BCUT2D eigenvalue weighted by Crippen LogP contribution is 2.31. The average molecular weight is 631 g/mol. The van der Waals surface area contributed by atoms with Crippen LogP contribution in [0.2, 0.25) is 0 Å². The number of rotatable bonds is 10. The molecule has 0 aliphatic heterocycles. The van der Waals surface area contributed by atoms with Gasteiger partial charge >= 0.3 is 10.1 Å². The van der Waals surface area contributed by atoms with Crippen molar-refractivity contribution in [2.75, 3.05) is 27.4 Å². The number of methoxy groups -OCH3 is 2. The molecule has 0 saturated carbocycles. The first-order chi connectivity index (χ1) is 18.7. The van der Waals surface area contributed by atoms with Crippen molar-refractivity contribution >= 4 is 43.6 Å². The first-order valence-corrected chi connectivity index (χ1v) is 15.0. The van der Waals surface area contributed by atoms with Crippen molar-refractivity contribution in [1.82, 2.24) is 4.68 Å². The predicted octanol–water partition coefficient (Wildman–Crippen LogP) is 5.80. The highest BCUT2D eigenvalue weighted by molar-refractivity contribution is 9.10. The Morgan fingerprint density at radius 3 is 2.49 bits per heavy atom. The Morgan fingerprint density at radius 2 is 1.77 bits per heavy atom. The number of ether oxygens (including phenoxy) is 2. The number of thiazole rings is 1. The highest BCUT2D eigenvalue weighted by atomic mass is 79.9. The van der Waals surface area contributed by atoms with Gasteiger partial charge in [0, 0.05) is 22.5 Å². The van der Waals surface area contributed by atoms with Gasteiger partial charge in [0.1, 0.15) is 4.90 Å². The molecule has 0 amide bonds. The summed E-state index contributed by atoms with van der Waals surface area (Å²) >= 11 is 4.96. The van der Waals surface area contributed by atoms with Crippen molar-refractivity contribution in [1.29, 1.82) is 0 Å². The van der Waals surface area contributed by atoms with Gasteiger partial charge in [0.05, 0.1) is 32.2 Å². The van der Waals surface area contributed by atoms with Gasteiger partial charge in [0.25, 0.3) is 0 Å². The molecule has 0 atom stereocenters. The molecule has 4 aromatic rings. The minimum Gasteiger partial charge on any atom is -0.493 e. The topological polar surface area (TPSA) is 91.5 Å². The SMILES string of the molecule is COCCN=c1scc(-c2ccc(Br)cc2)n1/N=C/c1ccc(OS(=O)(=O)c2cc(C)ccc2C)c(OC)c1. The van der Waals surface area contributed by atoms with Crippen LogP contribution in [-0.4, -0.2) is 46.7 Å². The van der Waals surface area contributed by atoms with Crippen LogP contribution in [0.5, 0.6) is 11.5 Å². The molecule has 0 fully saturated rings. The summed E-state index contributed by atoms with van der Waals surface area (Å²) in [6.45, 7) is 4.56. The molecule has 4 rings (SSSR count). The van der Waals surface area contributed by atoms with Gasteiger partial charge in [0.15, 0.2) is 11.5 Å². The molecule has 0 saturated heterocycles. The van der Waals surface area contributed by atoms with Crippen molar-refractivity contribution in [3.63, 3.8) is 0 Å². The minimum atomic E-state index is -4.06. The lowest BCUT2D eigenvalue weighted by Gasteiger charge is -2.13. The fraction of sp³-hybridized carbons (Fsp3) is 0.214. The molecule has 0 radical (unpaired) electrons. The third-order valence-electron chi connectivity index (χ3n) is 5.69. The first-order valence-electron chi connectivity index (χ1n) is 11.9. The summed E-state index contributed by atoms with van der Waals surface area (Å²) in [4.78, 5) is 5.46. The zero-order chi connectivity index (χ0) is 28.0. The summed E-state index contributed by atoms with van der Waals surface area (Å²) in [5.74, 6) is 0.353. The van der Waals surface area contributed by atoms with Gasteiger partial charge in [-0.3, -0.25) is 4.99 Å². The molecule has 3 aromatic carbocycles. The van der Waals surface area contributed by atoms with Crippen molar-refractivity contribution in [2.45, 2.75) is 18.7 Å². The van der Waals surface area contributed by atoms with Crippen molar-refractivity contribution in [3.8, 4) is 22.8 Å². The molecule has 0 N–H and O–H groups in total. The van der Waals surface area contributed by atoms with E-state index in [1.807, 2.05) is 42.6 Å². The van der Waals surface area contributed by atoms with Gasteiger partial charge < -0.3 is 13.7 Å². The van der Waals surface area contributed by atoms with Crippen LogP contribution in [0.3, 0.4) is 0 Å². The van der Waals surface area contributed by atoms with E-state index in [1.54, 1.807) is 55.3 Å². The van der Waals surface area contributed by atoms with Crippen molar-refractivity contribution in [3.05, 3.63) is 92.0 Å². The molecule has 204 valence electrons. The second-order valence-electron chi connectivity index (χ2n) is 8.56. The standard InChI is InChI=1S/C28H28BrN3O5S2/c1-19-5-6-20(2)27(15-19)39(33,34)37-25-12-7-21(16-26(25)36-4)17-31-32-24(22-8-10-23(29)11-9-22)18-38-28(32)30-13-14-35-3/h5-12,15-18H,13-14H2,1-4H3/b30-28?,31-17+. The van der Waals surface area contributed by atoms with E-state index in [9.17, 15) is 8.42 Å². The summed E-state index contributed by atoms with van der Waals surface area (Å²) in [6.07, 6.45) is 1.66. The van der Waals surface area contributed by atoms with Crippen LogP contribution in [0.1, 0.15) is 16.7 Å². The van der Waals surface area contributed by atoms with Crippen LogP contribution in [-0.2, 0) is 14.9 Å². The van der Waals surface area contributed by atoms with E-state index in [-0.39, 0.29) is 16.4 Å². The second kappa shape index (κ2) is 12.7. The van der Waals surface area contributed by atoms with Gasteiger partial charge in [-0.15, -0.1) is 11.3 Å². The number of benzene rings is 3. The second-order valence-corrected chi connectivity index (χ2v) is 11.8. The Kier molecular flexibility index (Phi) is 9.39. The minimum absolute atomic E-state index is 0.0875. The Balaban J connectivity index is 1.67. The van der Waals surface area contributed by atoms with Crippen LogP contribution >= 0.6 is 27.3 Å². The zero-order valence-corrected chi connectivity index (χ0v) is 25.1. The van der Waals surface area contributed by atoms with Crippen LogP contribution in [0.25, 0.3) is 11.3 Å². The van der Waals surface area contributed by atoms with E-state index >= 15 is 0 Å². The molecule has 1 heterocycles. The Hall–Kier alpha value is -3.25. The molecule has 0 aliphatic carbocycles. The Morgan fingerprint density at radius 1 is 1.00 bits per heavy atom. The molecule has 0 aliphatic rings. The van der Waals surface area contributed by atoms with E-state index in [4.69, 9.17) is 18.8 Å². The summed E-state index contributed by atoms with van der Waals surface area (Å²) in [5, 5.41) is 6.71. The third kappa shape index (κ3) is 7.04. The maximum Gasteiger partial charge on any atom is 0.339 e. The molecule has 8 nitrogen and oxygen atoms in total. The summed E-state index contributed by atoms with van der Waals surface area (Å²) in [5.41, 5.74) is 3.98. The zero-order valence-electron chi connectivity index (χ0n) is 21.9. The smallest absolute Gasteiger partial charge is 0.339 e. The van der Waals surface area contributed by atoms with Crippen molar-refractivity contribution in [2.24, 2.45) is 10.1 Å². The van der Waals surface area contributed by atoms with Crippen LogP contribution in [0.4, 0.5) is 0 Å².